The number of Topliss-reactive ketones (excluding diaryl/α,β-unsaturated/α-hetero) is 1. The number of aryl methyl sites for hydroxylation is 1. The number of nitrogens with one attached hydrogen (secondary N) is 1. The summed E-state index contributed by atoms with van der Waals surface area (Å²) in [5.74, 6) is 0.762. The van der Waals surface area contributed by atoms with Gasteiger partial charge in [-0.05, 0) is 44.9 Å². The summed E-state index contributed by atoms with van der Waals surface area (Å²) in [6.45, 7) is 11.8. The topological polar surface area (TPSA) is 41.6 Å². The Morgan fingerprint density at radius 1 is 1.36 bits per heavy atom. The Morgan fingerprint density at radius 3 is 2.59 bits per heavy atom. The highest BCUT2D eigenvalue weighted by Gasteiger charge is 2.23. The van der Waals surface area contributed by atoms with Gasteiger partial charge in [0.05, 0.1) is 18.2 Å². The van der Waals surface area contributed by atoms with Crippen molar-refractivity contribution in [2.24, 2.45) is 0 Å². The molecule has 1 aromatic carbocycles. The Kier molecular flexibility index (Phi) is 5.84. The number of benzene rings is 1. The van der Waals surface area contributed by atoms with Crippen LogP contribution in [0.15, 0.2) is 6.07 Å². The van der Waals surface area contributed by atoms with Crippen molar-refractivity contribution in [3.63, 3.8) is 0 Å². The third-order valence-corrected chi connectivity index (χ3v) is 4.26. The van der Waals surface area contributed by atoms with E-state index in [2.05, 4.69) is 10.2 Å². The van der Waals surface area contributed by atoms with Crippen LogP contribution >= 0.6 is 11.6 Å². The molecule has 0 aliphatic carbocycles. The number of nitrogens with zero attached hydrogens (tertiary/aromatic N) is 1. The molecule has 22 heavy (non-hydrogen) atoms. The number of ketones is 1. The van der Waals surface area contributed by atoms with E-state index < -0.39 is 0 Å². The second kappa shape index (κ2) is 7.44. The molecule has 1 heterocycles. The second-order valence-corrected chi connectivity index (χ2v) is 6.53. The lowest BCUT2D eigenvalue weighted by Crippen LogP contribution is -2.45. The van der Waals surface area contributed by atoms with Crippen molar-refractivity contribution < 1.29 is 9.53 Å². The summed E-state index contributed by atoms with van der Waals surface area (Å²) in [5.41, 5.74) is 2.35. The van der Waals surface area contributed by atoms with Crippen molar-refractivity contribution in [2.45, 2.75) is 33.8 Å². The number of halogens is 1. The monoisotopic (exact) mass is 324 g/mol. The summed E-state index contributed by atoms with van der Waals surface area (Å²) in [6.07, 6.45) is 0.0185. The maximum atomic E-state index is 12.8. The van der Waals surface area contributed by atoms with Gasteiger partial charge < -0.3 is 10.1 Å². The van der Waals surface area contributed by atoms with Crippen molar-refractivity contribution in [2.75, 3.05) is 32.7 Å². The zero-order chi connectivity index (χ0) is 16.3. The SMILES string of the molecule is Cc1cc(Cl)c(C)c(C(=O)CN2CCNCC2)c1OC(C)C. The molecule has 0 atom stereocenters. The quantitative estimate of drug-likeness (QED) is 0.846. The van der Waals surface area contributed by atoms with E-state index in [0.29, 0.717) is 22.9 Å². The van der Waals surface area contributed by atoms with Crippen LogP contribution in [0.25, 0.3) is 0 Å². The van der Waals surface area contributed by atoms with E-state index >= 15 is 0 Å². The number of ether oxygens (including phenoxy) is 1. The maximum Gasteiger partial charge on any atom is 0.180 e. The predicted molar refractivity (Wildman–Crippen MR) is 90.3 cm³/mol. The highest BCUT2D eigenvalue weighted by molar-refractivity contribution is 6.32. The number of rotatable bonds is 5. The van der Waals surface area contributed by atoms with Crippen LogP contribution in [0.4, 0.5) is 0 Å². The predicted octanol–water partition coefficient (Wildman–Crippen LogP) is 2.83. The van der Waals surface area contributed by atoms with Crippen LogP contribution in [0, 0.1) is 13.8 Å². The van der Waals surface area contributed by atoms with Crippen molar-refractivity contribution in [1.29, 1.82) is 0 Å². The second-order valence-electron chi connectivity index (χ2n) is 6.12. The summed E-state index contributed by atoms with van der Waals surface area (Å²) >= 11 is 6.28. The van der Waals surface area contributed by atoms with E-state index in [1.807, 2.05) is 33.8 Å². The number of hydrogen-bond donors (Lipinski definition) is 1. The van der Waals surface area contributed by atoms with Gasteiger partial charge in [-0.3, -0.25) is 9.69 Å². The van der Waals surface area contributed by atoms with E-state index in [1.54, 1.807) is 0 Å². The molecular weight excluding hydrogens is 300 g/mol. The van der Waals surface area contributed by atoms with Gasteiger partial charge in [-0.25, -0.2) is 0 Å². The fourth-order valence-electron chi connectivity index (χ4n) is 2.73. The van der Waals surface area contributed by atoms with E-state index in [4.69, 9.17) is 16.3 Å². The molecule has 1 saturated heterocycles. The molecule has 122 valence electrons. The van der Waals surface area contributed by atoms with Gasteiger partial charge in [0.2, 0.25) is 0 Å². The Balaban J connectivity index is 2.32. The van der Waals surface area contributed by atoms with Crippen molar-refractivity contribution in [1.82, 2.24) is 10.2 Å². The molecule has 0 radical (unpaired) electrons. The largest absolute Gasteiger partial charge is 0.490 e. The third kappa shape index (κ3) is 4.00. The van der Waals surface area contributed by atoms with E-state index in [-0.39, 0.29) is 11.9 Å². The van der Waals surface area contributed by atoms with Gasteiger partial charge >= 0.3 is 0 Å². The zero-order valence-corrected chi connectivity index (χ0v) is 14.6. The van der Waals surface area contributed by atoms with E-state index in [9.17, 15) is 4.79 Å². The van der Waals surface area contributed by atoms with Gasteiger partial charge in [-0.1, -0.05) is 11.6 Å². The first-order valence-corrected chi connectivity index (χ1v) is 8.20. The molecule has 0 aromatic heterocycles. The average Bonchev–Trinajstić information content (AvgIpc) is 2.45. The lowest BCUT2D eigenvalue weighted by Gasteiger charge is -2.27. The Morgan fingerprint density at radius 2 is 2.00 bits per heavy atom. The van der Waals surface area contributed by atoms with Gasteiger partial charge in [-0.15, -0.1) is 0 Å². The molecule has 0 spiro atoms. The lowest BCUT2D eigenvalue weighted by atomic mass is 9.99. The fraction of sp³-hybridized carbons (Fsp3) is 0.588. The number of carbonyl (C=O) groups excluding carboxylic acids is 1. The summed E-state index contributed by atoms with van der Waals surface area (Å²) in [5, 5.41) is 3.92. The highest BCUT2D eigenvalue weighted by atomic mass is 35.5. The van der Waals surface area contributed by atoms with Gasteiger partial charge in [-0.2, -0.15) is 0 Å². The van der Waals surface area contributed by atoms with Gasteiger partial charge in [0.1, 0.15) is 5.75 Å². The molecule has 0 unspecified atom stereocenters. The minimum absolute atomic E-state index is 0.0185. The van der Waals surface area contributed by atoms with Crippen LogP contribution in [-0.4, -0.2) is 49.5 Å². The van der Waals surface area contributed by atoms with Gasteiger partial charge in [0, 0.05) is 31.2 Å². The van der Waals surface area contributed by atoms with Gasteiger partial charge in [0.25, 0.3) is 0 Å². The molecule has 0 saturated carbocycles. The molecule has 1 aliphatic heterocycles. The first kappa shape index (κ1) is 17.3. The van der Waals surface area contributed by atoms with Crippen LogP contribution in [0.5, 0.6) is 5.75 Å². The smallest absolute Gasteiger partial charge is 0.180 e. The number of piperazine rings is 1. The van der Waals surface area contributed by atoms with Crippen LogP contribution in [0.2, 0.25) is 5.02 Å². The molecule has 0 amide bonds. The molecule has 1 aromatic rings. The first-order chi connectivity index (χ1) is 10.4. The minimum Gasteiger partial charge on any atom is -0.490 e. The minimum atomic E-state index is 0.0185. The summed E-state index contributed by atoms with van der Waals surface area (Å²) in [4.78, 5) is 15.0. The van der Waals surface area contributed by atoms with Crippen LogP contribution in [0.3, 0.4) is 0 Å². The van der Waals surface area contributed by atoms with E-state index in [0.717, 1.165) is 37.3 Å². The lowest BCUT2D eigenvalue weighted by molar-refractivity contribution is 0.0915. The molecule has 0 bridgehead atoms. The van der Waals surface area contributed by atoms with Gasteiger partial charge in [0.15, 0.2) is 5.78 Å². The van der Waals surface area contributed by atoms with Crippen molar-refractivity contribution >= 4 is 17.4 Å². The van der Waals surface area contributed by atoms with Crippen LogP contribution in [0.1, 0.15) is 35.3 Å². The molecule has 1 fully saturated rings. The molecule has 5 heteroatoms. The number of hydrogen-bond acceptors (Lipinski definition) is 4. The van der Waals surface area contributed by atoms with Crippen LogP contribution < -0.4 is 10.1 Å². The first-order valence-electron chi connectivity index (χ1n) is 7.82. The highest BCUT2D eigenvalue weighted by Crippen LogP contribution is 2.33. The standard InChI is InChI=1S/C17H25ClN2O2/c1-11(2)22-17-12(3)9-14(18)13(4)16(17)15(21)10-20-7-5-19-6-8-20/h9,11,19H,5-8,10H2,1-4H3. The fourth-order valence-corrected chi connectivity index (χ4v) is 2.98. The normalized spacial score (nSPS) is 16.1. The Bertz CT molecular complexity index is 552. The summed E-state index contributed by atoms with van der Waals surface area (Å²) < 4.78 is 5.91. The Hall–Kier alpha value is -1.10. The average molecular weight is 325 g/mol. The zero-order valence-electron chi connectivity index (χ0n) is 13.8. The summed E-state index contributed by atoms with van der Waals surface area (Å²) in [6, 6.07) is 1.87. The summed E-state index contributed by atoms with van der Waals surface area (Å²) in [7, 11) is 0. The molecular formula is C17H25ClN2O2. The number of carbonyl (C=O) groups is 1. The molecule has 1 N–H and O–H groups in total. The van der Waals surface area contributed by atoms with Crippen molar-refractivity contribution in [3.8, 4) is 5.75 Å². The Labute approximate surface area is 137 Å². The van der Waals surface area contributed by atoms with Crippen molar-refractivity contribution in [3.05, 3.63) is 27.8 Å². The maximum absolute atomic E-state index is 12.8. The molecule has 4 nitrogen and oxygen atoms in total. The van der Waals surface area contributed by atoms with E-state index in [1.165, 1.54) is 0 Å². The molecule has 1 aliphatic rings. The van der Waals surface area contributed by atoms with Crippen LogP contribution in [-0.2, 0) is 0 Å². The molecule has 2 rings (SSSR count). The third-order valence-electron chi connectivity index (χ3n) is 3.87.